The maximum absolute atomic E-state index is 11.9. The highest BCUT2D eigenvalue weighted by molar-refractivity contribution is 14.0. The Bertz CT molecular complexity index is 645. The van der Waals surface area contributed by atoms with E-state index >= 15 is 0 Å². The first-order chi connectivity index (χ1) is 12.3. The van der Waals surface area contributed by atoms with E-state index in [4.69, 9.17) is 4.42 Å². The molecular weight excluding hydrogens is 443 g/mol. The third-order valence-corrected chi connectivity index (χ3v) is 3.53. The van der Waals surface area contributed by atoms with Crippen molar-refractivity contribution in [3.63, 3.8) is 0 Å². The van der Waals surface area contributed by atoms with E-state index in [1.54, 1.807) is 6.26 Å². The fraction of sp³-hybridized carbons (Fsp3) is 0.368. The van der Waals surface area contributed by atoms with Crippen LogP contribution in [-0.2, 0) is 17.8 Å². The minimum Gasteiger partial charge on any atom is -0.469 e. The molecule has 0 saturated carbocycles. The summed E-state index contributed by atoms with van der Waals surface area (Å²) < 4.78 is 5.29. The molecule has 0 aliphatic carbocycles. The lowest BCUT2D eigenvalue weighted by Crippen LogP contribution is -2.39. The summed E-state index contributed by atoms with van der Waals surface area (Å²) in [5.74, 6) is 1.65. The Hall–Kier alpha value is -2.03. The van der Waals surface area contributed by atoms with Crippen LogP contribution in [0.15, 0.2) is 58.1 Å². The number of carbonyl (C=O) groups is 1. The Labute approximate surface area is 171 Å². The number of hydrogen-bond acceptors (Lipinski definition) is 3. The molecule has 0 radical (unpaired) electrons. The second-order valence-corrected chi connectivity index (χ2v) is 5.53. The van der Waals surface area contributed by atoms with Crippen LogP contribution in [0.1, 0.15) is 24.7 Å². The maximum Gasteiger partial charge on any atom is 0.222 e. The predicted molar refractivity (Wildman–Crippen MR) is 115 cm³/mol. The zero-order valence-corrected chi connectivity index (χ0v) is 17.4. The van der Waals surface area contributed by atoms with Crippen molar-refractivity contribution >= 4 is 35.8 Å². The van der Waals surface area contributed by atoms with Crippen molar-refractivity contribution in [3.05, 3.63) is 60.1 Å². The smallest absolute Gasteiger partial charge is 0.222 e. The lowest BCUT2D eigenvalue weighted by molar-refractivity contribution is -0.121. The number of guanidine groups is 1. The number of halogens is 1. The number of aliphatic imine (C=N–C) groups is 1. The summed E-state index contributed by atoms with van der Waals surface area (Å²) >= 11 is 0. The van der Waals surface area contributed by atoms with Gasteiger partial charge in [-0.25, -0.2) is 0 Å². The van der Waals surface area contributed by atoms with Crippen LogP contribution >= 0.6 is 24.0 Å². The first kappa shape index (κ1) is 22.0. The number of hydrogen-bond donors (Lipinski definition) is 3. The van der Waals surface area contributed by atoms with Crippen molar-refractivity contribution in [3.8, 4) is 0 Å². The molecule has 0 atom stereocenters. The SMILES string of the molecule is CCNC(=NCCc1ccco1)NCCC(=O)NCc1ccccc1.I. The molecule has 0 saturated heterocycles. The van der Waals surface area contributed by atoms with Gasteiger partial charge in [-0.1, -0.05) is 30.3 Å². The van der Waals surface area contributed by atoms with E-state index in [1.807, 2.05) is 49.4 Å². The number of nitrogens with zero attached hydrogens (tertiary/aromatic N) is 1. The van der Waals surface area contributed by atoms with Crippen molar-refractivity contribution in [1.82, 2.24) is 16.0 Å². The highest BCUT2D eigenvalue weighted by Gasteiger charge is 2.03. The third kappa shape index (κ3) is 8.89. The van der Waals surface area contributed by atoms with Crippen LogP contribution in [0.2, 0.25) is 0 Å². The summed E-state index contributed by atoms with van der Waals surface area (Å²) in [6.07, 6.45) is 2.81. The molecule has 1 aromatic carbocycles. The maximum atomic E-state index is 11.9. The van der Waals surface area contributed by atoms with Crippen LogP contribution in [0.5, 0.6) is 0 Å². The van der Waals surface area contributed by atoms with Crippen molar-refractivity contribution in [1.29, 1.82) is 0 Å². The topological polar surface area (TPSA) is 78.7 Å². The molecule has 2 aromatic rings. The summed E-state index contributed by atoms with van der Waals surface area (Å²) in [4.78, 5) is 16.4. The van der Waals surface area contributed by atoms with Crippen LogP contribution in [0.4, 0.5) is 0 Å². The molecule has 1 heterocycles. The van der Waals surface area contributed by atoms with Crippen molar-refractivity contribution < 1.29 is 9.21 Å². The number of furan rings is 1. The van der Waals surface area contributed by atoms with Gasteiger partial charge >= 0.3 is 0 Å². The average molecular weight is 470 g/mol. The summed E-state index contributed by atoms with van der Waals surface area (Å²) in [6, 6.07) is 13.7. The first-order valence-corrected chi connectivity index (χ1v) is 8.63. The van der Waals surface area contributed by atoms with Crippen molar-refractivity contribution in [2.75, 3.05) is 19.6 Å². The standard InChI is InChI=1S/C19H26N4O2.HI/c1-2-20-19(21-12-10-17-9-6-14-25-17)22-13-11-18(24)23-15-16-7-4-3-5-8-16;/h3-9,14H,2,10-13,15H2,1H3,(H,23,24)(H2,20,21,22);1H. The molecule has 7 heteroatoms. The van der Waals surface area contributed by atoms with Crippen LogP contribution in [0.25, 0.3) is 0 Å². The molecule has 3 N–H and O–H groups in total. The molecule has 0 bridgehead atoms. The monoisotopic (exact) mass is 470 g/mol. The van der Waals surface area contributed by atoms with Gasteiger partial charge in [-0.3, -0.25) is 9.79 Å². The molecule has 0 spiro atoms. The van der Waals surface area contributed by atoms with Gasteiger partial charge in [0, 0.05) is 39.0 Å². The summed E-state index contributed by atoms with van der Waals surface area (Å²) in [5.41, 5.74) is 1.09. The highest BCUT2D eigenvalue weighted by Crippen LogP contribution is 2.00. The molecule has 0 fully saturated rings. The molecule has 6 nitrogen and oxygen atoms in total. The molecule has 1 aromatic heterocycles. The van der Waals surface area contributed by atoms with E-state index in [-0.39, 0.29) is 29.9 Å². The average Bonchev–Trinajstić information content (AvgIpc) is 3.14. The van der Waals surface area contributed by atoms with Gasteiger partial charge in [-0.15, -0.1) is 24.0 Å². The van der Waals surface area contributed by atoms with E-state index in [2.05, 4.69) is 20.9 Å². The van der Waals surface area contributed by atoms with Gasteiger partial charge in [0.25, 0.3) is 0 Å². The summed E-state index contributed by atoms with van der Waals surface area (Å²) in [6.45, 7) is 4.50. The van der Waals surface area contributed by atoms with Crippen LogP contribution in [0.3, 0.4) is 0 Å². The normalized spacial score (nSPS) is 10.7. The van der Waals surface area contributed by atoms with Crippen molar-refractivity contribution in [2.24, 2.45) is 4.99 Å². The summed E-state index contributed by atoms with van der Waals surface area (Å²) in [5, 5.41) is 9.26. The first-order valence-electron chi connectivity index (χ1n) is 8.63. The van der Waals surface area contributed by atoms with E-state index in [0.717, 1.165) is 24.3 Å². The quantitative estimate of drug-likeness (QED) is 0.299. The number of amides is 1. The van der Waals surface area contributed by atoms with Gasteiger partial charge in [0.05, 0.1) is 6.26 Å². The molecule has 0 unspecified atom stereocenters. The number of benzene rings is 1. The lowest BCUT2D eigenvalue weighted by atomic mass is 10.2. The van der Waals surface area contributed by atoms with Gasteiger partial charge in [0.2, 0.25) is 5.91 Å². The molecule has 26 heavy (non-hydrogen) atoms. The Kier molecular flexibility index (Phi) is 11.2. The zero-order valence-electron chi connectivity index (χ0n) is 15.0. The second kappa shape index (κ2) is 13.2. The third-order valence-electron chi connectivity index (χ3n) is 3.53. The summed E-state index contributed by atoms with van der Waals surface area (Å²) in [7, 11) is 0. The van der Waals surface area contributed by atoms with Gasteiger partial charge < -0.3 is 20.4 Å². The van der Waals surface area contributed by atoms with Crippen LogP contribution < -0.4 is 16.0 Å². The number of rotatable bonds is 9. The fourth-order valence-electron chi connectivity index (χ4n) is 2.25. The second-order valence-electron chi connectivity index (χ2n) is 5.53. The van der Waals surface area contributed by atoms with Gasteiger partial charge in [-0.2, -0.15) is 0 Å². The Morgan fingerprint density at radius 2 is 1.88 bits per heavy atom. The molecule has 1 amide bonds. The molecule has 0 aliphatic heterocycles. The van der Waals surface area contributed by atoms with E-state index in [9.17, 15) is 4.79 Å². The molecule has 142 valence electrons. The van der Waals surface area contributed by atoms with Crippen molar-refractivity contribution in [2.45, 2.75) is 26.3 Å². The van der Waals surface area contributed by atoms with Gasteiger partial charge in [0.15, 0.2) is 5.96 Å². The molecule has 0 aliphatic rings. The van der Waals surface area contributed by atoms with E-state index < -0.39 is 0 Å². The van der Waals surface area contributed by atoms with E-state index in [0.29, 0.717) is 32.0 Å². The number of carbonyl (C=O) groups excluding carboxylic acids is 1. The minimum absolute atomic E-state index is 0. The Balaban J connectivity index is 0.00000338. The van der Waals surface area contributed by atoms with Crippen LogP contribution in [0, 0.1) is 0 Å². The minimum atomic E-state index is 0. The predicted octanol–water partition coefficient (Wildman–Crippen LogP) is 2.70. The lowest BCUT2D eigenvalue weighted by Gasteiger charge is -2.11. The Morgan fingerprint density at radius 3 is 2.58 bits per heavy atom. The van der Waals surface area contributed by atoms with E-state index in [1.165, 1.54) is 0 Å². The Morgan fingerprint density at radius 1 is 1.08 bits per heavy atom. The zero-order chi connectivity index (χ0) is 17.7. The molecular formula is C19H27IN4O2. The van der Waals surface area contributed by atoms with Gasteiger partial charge in [0.1, 0.15) is 5.76 Å². The largest absolute Gasteiger partial charge is 0.469 e. The highest BCUT2D eigenvalue weighted by atomic mass is 127. The molecule has 2 rings (SSSR count). The van der Waals surface area contributed by atoms with Crippen LogP contribution in [-0.4, -0.2) is 31.5 Å². The number of nitrogens with one attached hydrogen (secondary N) is 3. The van der Waals surface area contributed by atoms with Gasteiger partial charge in [-0.05, 0) is 24.6 Å². The fourth-order valence-corrected chi connectivity index (χ4v) is 2.25.